The van der Waals surface area contributed by atoms with E-state index in [2.05, 4.69) is 20.9 Å². The van der Waals surface area contributed by atoms with E-state index in [4.69, 9.17) is 4.74 Å². The first-order valence-corrected chi connectivity index (χ1v) is 9.85. The Hall–Kier alpha value is -2.48. The Bertz CT molecular complexity index is 826. The van der Waals surface area contributed by atoms with Crippen molar-refractivity contribution in [2.24, 2.45) is 5.92 Å². The van der Waals surface area contributed by atoms with Gasteiger partial charge in [-0.3, -0.25) is 4.79 Å². The highest BCUT2D eigenvalue weighted by Crippen LogP contribution is 2.28. The molecule has 0 radical (unpaired) electrons. The van der Waals surface area contributed by atoms with Crippen molar-refractivity contribution in [3.05, 3.63) is 53.0 Å². The molecule has 6 nitrogen and oxygen atoms in total. The average Bonchev–Trinajstić information content (AvgIpc) is 2.71. The summed E-state index contributed by atoms with van der Waals surface area (Å²) in [5.41, 5.74) is 0.833. The van der Waals surface area contributed by atoms with Crippen LogP contribution in [0.4, 0.5) is 14.9 Å². The van der Waals surface area contributed by atoms with Gasteiger partial charge in [0.2, 0.25) is 6.41 Å². The predicted molar refractivity (Wildman–Crippen MR) is 107 cm³/mol. The lowest BCUT2D eigenvalue weighted by Crippen LogP contribution is -2.46. The Kier molecular flexibility index (Phi) is 6.61. The minimum absolute atomic E-state index is 0.00684. The van der Waals surface area contributed by atoms with Gasteiger partial charge in [-0.25, -0.2) is 9.78 Å². The minimum Gasteiger partial charge on any atom is -0.405 e. The standard InChI is InChI=1S/C20H21BrFN3O3/c1-14(25(13-26)17-6-4-16(21)5-7-17)15-8-11-24(12-9-15)20(27)28-18-3-2-10-23-19(18)22/h2-7,10,13-15H,8-9,11-12H2,1H3. The third kappa shape index (κ3) is 4.67. The highest BCUT2D eigenvalue weighted by atomic mass is 79.9. The third-order valence-corrected chi connectivity index (χ3v) is 5.61. The molecule has 1 aliphatic heterocycles. The molecule has 8 heteroatoms. The normalized spacial score (nSPS) is 15.8. The number of pyridine rings is 1. The van der Waals surface area contributed by atoms with E-state index in [1.165, 1.54) is 18.3 Å². The van der Waals surface area contributed by atoms with Gasteiger partial charge in [0.25, 0.3) is 5.95 Å². The maximum absolute atomic E-state index is 13.6. The number of carbonyl (C=O) groups excluding carboxylic acids is 2. The van der Waals surface area contributed by atoms with Crippen LogP contribution in [0.3, 0.4) is 0 Å². The topological polar surface area (TPSA) is 62.7 Å². The summed E-state index contributed by atoms with van der Waals surface area (Å²) in [6, 6.07) is 10.5. The second-order valence-electron chi connectivity index (χ2n) is 6.71. The van der Waals surface area contributed by atoms with Gasteiger partial charge in [0.1, 0.15) is 0 Å². The average molecular weight is 450 g/mol. The van der Waals surface area contributed by atoms with Crippen LogP contribution in [0.5, 0.6) is 5.75 Å². The molecule has 0 spiro atoms. The smallest absolute Gasteiger partial charge is 0.405 e. The zero-order valence-electron chi connectivity index (χ0n) is 15.4. The number of amides is 2. The summed E-state index contributed by atoms with van der Waals surface area (Å²) in [4.78, 5) is 30.7. The number of piperidine rings is 1. The van der Waals surface area contributed by atoms with Crippen molar-refractivity contribution >= 4 is 34.1 Å². The monoisotopic (exact) mass is 449 g/mol. The van der Waals surface area contributed by atoms with Crippen LogP contribution in [0.1, 0.15) is 19.8 Å². The number of rotatable bonds is 5. The number of likely N-dealkylation sites (tertiary alicyclic amines) is 1. The SMILES string of the molecule is CC(C1CCN(C(=O)Oc2cccnc2F)CC1)N(C=O)c1ccc(Br)cc1. The van der Waals surface area contributed by atoms with Crippen molar-refractivity contribution in [2.75, 3.05) is 18.0 Å². The molecule has 0 bridgehead atoms. The first-order valence-electron chi connectivity index (χ1n) is 9.06. The van der Waals surface area contributed by atoms with Gasteiger partial charge in [0.15, 0.2) is 5.75 Å². The first-order chi connectivity index (χ1) is 13.5. The second kappa shape index (κ2) is 9.14. The molecule has 0 saturated carbocycles. The van der Waals surface area contributed by atoms with E-state index in [0.717, 1.165) is 29.4 Å². The van der Waals surface area contributed by atoms with Crippen molar-refractivity contribution in [1.29, 1.82) is 0 Å². The molecule has 2 heterocycles. The molecule has 1 fully saturated rings. The molecule has 28 heavy (non-hydrogen) atoms. The largest absolute Gasteiger partial charge is 0.415 e. The fourth-order valence-corrected chi connectivity index (χ4v) is 3.67. The Labute approximate surface area is 171 Å². The number of anilines is 1. The van der Waals surface area contributed by atoms with Crippen molar-refractivity contribution in [2.45, 2.75) is 25.8 Å². The summed E-state index contributed by atoms with van der Waals surface area (Å²) in [5.74, 6) is -0.742. The Balaban J connectivity index is 1.58. The molecule has 3 rings (SSSR count). The Morgan fingerprint density at radius 3 is 2.61 bits per heavy atom. The second-order valence-corrected chi connectivity index (χ2v) is 7.63. The molecule has 1 aromatic heterocycles. The van der Waals surface area contributed by atoms with E-state index in [0.29, 0.717) is 13.1 Å². The quantitative estimate of drug-likeness (QED) is 0.505. The number of nitrogens with zero attached hydrogens (tertiary/aromatic N) is 3. The highest BCUT2D eigenvalue weighted by Gasteiger charge is 2.30. The molecular formula is C20H21BrFN3O3. The van der Waals surface area contributed by atoms with Gasteiger partial charge in [-0.1, -0.05) is 15.9 Å². The number of ether oxygens (including phenoxy) is 1. The summed E-state index contributed by atoms with van der Waals surface area (Å²) in [6.07, 6.45) is 3.01. The molecule has 1 aromatic carbocycles. The Morgan fingerprint density at radius 2 is 2.00 bits per heavy atom. The number of hydrogen-bond acceptors (Lipinski definition) is 4. The third-order valence-electron chi connectivity index (χ3n) is 5.08. The van der Waals surface area contributed by atoms with Crippen molar-refractivity contribution in [3.8, 4) is 5.75 Å². The van der Waals surface area contributed by atoms with Crippen LogP contribution in [0.25, 0.3) is 0 Å². The van der Waals surface area contributed by atoms with Crippen LogP contribution in [-0.4, -0.2) is 41.5 Å². The number of aromatic nitrogens is 1. The van der Waals surface area contributed by atoms with Crippen LogP contribution in [0, 0.1) is 11.9 Å². The van der Waals surface area contributed by atoms with E-state index in [1.807, 2.05) is 31.2 Å². The van der Waals surface area contributed by atoms with Crippen LogP contribution >= 0.6 is 15.9 Å². The van der Waals surface area contributed by atoms with Crippen molar-refractivity contribution in [3.63, 3.8) is 0 Å². The molecular weight excluding hydrogens is 429 g/mol. The maximum atomic E-state index is 13.6. The fraction of sp³-hybridized carbons (Fsp3) is 0.350. The number of benzene rings is 1. The number of halogens is 2. The van der Waals surface area contributed by atoms with Gasteiger partial charge in [-0.15, -0.1) is 0 Å². The van der Waals surface area contributed by atoms with E-state index < -0.39 is 12.0 Å². The molecule has 0 N–H and O–H groups in total. The number of hydrogen-bond donors (Lipinski definition) is 0. The molecule has 1 aliphatic rings. The molecule has 0 aliphatic carbocycles. The lowest BCUT2D eigenvalue weighted by atomic mass is 9.89. The zero-order valence-corrected chi connectivity index (χ0v) is 17.0. The lowest BCUT2D eigenvalue weighted by Gasteiger charge is -2.37. The molecule has 1 unspecified atom stereocenters. The van der Waals surface area contributed by atoms with Gasteiger partial charge in [-0.05, 0) is 62.1 Å². The summed E-state index contributed by atoms with van der Waals surface area (Å²) < 4.78 is 19.6. The minimum atomic E-state index is -0.810. The predicted octanol–water partition coefficient (Wildman–Crippen LogP) is 4.25. The lowest BCUT2D eigenvalue weighted by molar-refractivity contribution is -0.108. The molecule has 2 aromatic rings. The molecule has 1 atom stereocenters. The summed E-state index contributed by atoms with van der Waals surface area (Å²) in [6.45, 7) is 2.99. The first kappa shape index (κ1) is 20.3. The van der Waals surface area contributed by atoms with E-state index in [9.17, 15) is 14.0 Å². The van der Waals surface area contributed by atoms with Crippen molar-refractivity contribution < 1.29 is 18.7 Å². The van der Waals surface area contributed by atoms with Gasteiger partial charge >= 0.3 is 6.09 Å². The summed E-state index contributed by atoms with van der Waals surface area (Å²) in [7, 11) is 0. The fourth-order valence-electron chi connectivity index (χ4n) is 3.40. The highest BCUT2D eigenvalue weighted by molar-refractivity contribution is 9.10. The van der Waals surface area contributed by atoms with Crippen LogP contribution in [-0.2, 0) is 4.79 Å². The van der Waals surface area contributed by atoms with E-state index in [1.54, 1.807) is 9.80 Å². The zero-order chi connectivity index (χ0) is 20.1. The van der Waals surface area contributed by atoms with Crippen LogP contribution in [0.2, 0.25) is 0 Å². The summed E-state index contributed by atoms with van der Waals surface area (Å²) in [5, 5.41) is 0. The Morgan fingerprint density at radius 1 is 1.32 bits per heavy atom. The van der Waals surface area contributed by atoms with Crippen LogP contribution in [0.15, 0.2) is 47.1 Å². The molecule has 148 valence electrons. The summed E-state index contributed by atoms with van der Waals surface area (Å²) >= 11 is 3.39. The van der Waals surface area contributed by atoms with Crippen molar-refractivity contribution in [1.82, 2.24) is 9.88 Å². The number of carbonyl (C=O) groups is 2. The molecule has 2 amide bonds. The van der Waals surface area contributed by atoms with Gasteiger partial charge in [0, 0.05) is 35.5 Å². The van der Waals surface area contributed by atoms with E-state index >= 15 is 0 Å². The van der Waals surface area contributed by atoms with E-state index in [-0.39, 0.29) is 17.7 Å². The van der Waals surface area contributed by atoms with Gasteiger partial charge < -0.3 is 14.5 Å². The maximum Gasteiger partial charge on any atom is 0.415 e. The van der Waals surface area contributed by atoms with Gasteiger partial charge in [0.05, 0.1) is 0 Å². The van der Waals surface area contributed by atoms with Gasteiger partial charge in [-0.2, -0.15) is 4.39 Å². The van der Waals surface area contributed by atoms with Crippen LogP contribution < -0.4 is 9.64 Å². The molecule has 1 saturated heterocycles.